The highest BCUT2D eigenvalue weighted by Gasteiger charge is 2.33. The van der Waals surface area contributed by atoms with Crippen LogP contribution in [-0.4, -0.2) is 77.4 Å². The average molecular weight is 673 g/mol. The van der Waals surface area contributed by atoms with Crippen LogP contribution in [0.25, 0.3) is 11.1 Å². The summed E-state index contributed by atoms with van der Waals surface area (Å²) in [5.74, 6) is 1.99. The van der Waals surface area contributed by atoms with Crippen molar-refractivity contribution in [2.24, 2.45) is 5.92 Å². The van der Waals surface area contributed by atoms with Gasteiger partial charge in [0.15, 0.2) is 11.5 Å². The van der Waals surface area contributed by atoms with Crippen molar-refractivity contribution in [1.29, 1.82) is 0 Å². The third-order valence-corrected chi connectivity index (χ3v) is 9.73. The highest BCUT2D eigenvalue weighted by Crippen LogP contribution is 2.50. The summed E-state index contributed by atoms with van der Waals surface area (Å²) >= 11 is 0. The van der Waals surface area contributed by atoms with Crippen molar-refractivity contribution in [1.82, 2.24) is 10.2 Å². The SMILES string of the molecule is CC[C@H](C)[C@H](Nc1ccc2c(cc1=O)[C@H](NC(C)=O)CCc1cc(OC)c(OC)c(OC)c1-2)C(=O)N1CCN(c2ccc(OC)cc2)CC1. The number of nitrogens with zero attached hydrogens (tertiary/aromatic N) is 2. The molecule has 3 aromatic carbocycles. The van der Waals surface area contributed by atoms with Crippen LogP contribution in [0, 0.1) is 5.92 Å². The number of hydrogen-bond acceptors (Lipinski definition) is 9. The molecule has 1 heterocycles. The molecular weight excluding hydrogens is 624 g/mol. The minimum Gasteiger partial charge on any atom is -0.497 e. The van der Waals surface area contributed by atoms with Gasteiger partial charge in [-0.25, -0.2) is 0 Å². The van der Waals surface area contributed by atoms with Crippen molar-refractivity contribution < 1.29 is 28.5 Å². The molecule has 262 valence electrons. The molecule has 1 aliphatic heterocycles. The second kappa shape index (κ2) is 15.5. The van der Waals surface area contributed by atoms with E-state index in [0.717, 1.165) is 34.5 Å². The number of carbonyl (C=O) groups excluding carboxylic acids is 2. The molecule has 49 heavy (non-hydrogen) atoms. The van der Waals surface area contributed by atoms with Gasteiger partial charge >= 0.3 is 0 Å². The first kappa shape index (κ1) is 35.4. The Hall–Kier alpha value is -4.93. The zero-order chi connectivity index (χ0) is 35.2. The van der Waals surface area contributed by atoms with Crippen LogP contribution in [0.4, 0.5) is 11.4 Å². The van der Waals surface area contributed by atoms with Gasteiger partial charge in [0.25, 0.3) is 0 Å². The Morgan fingerprint density at radius 1 is 0.898 bits per heavy atom. The fraction of sp³-hybridized carbons (Fsp3) is 0.447. The Morgan fingerprint density at radius 2 is 1.59 bits per heavy atom. The van der Waals surface area contributed by atoms with E-state index in [1.54, 1.807) is 40.6 Å². The number of methoxy groups -OCH3 is 4. The van der Waals surface area contributed by atoms with E-state index in [9.17, 15) is 14.4 Å². The van der Waals surface area contributed by atoms with Gasteiger partial charge in [-0.05, 0) is 77.9 Å². The van der Waals surface area contributed by atoms with Gasteiger partial charge in [0.05, 0.1) is 40.2 Å². The van der Waals surface area contributed by atoms with E-state index in [0.29, 0.717) is 67.5 Å². The van der Waals surface area contributed by atoms with Gasteiger partial charge in [-0.2, -0.15) is 0 Å². The maximum atomic E-state index is 14.1. The van der Waals surface area contributed by atoms with Gasteiger partial charge in [0.2, 0.25) is 23.0 Å². The molecule has 2 N–H and O–H groups in total. The first-order valence-corrected chi connectivity index (χ1v) is 16.9. The van der Waals surface area contributed by atoms with Gasteiger partial charge in [0, 0.05) is 44.4 Å². The number of benzene rings is 2. The minimum absolute atomic E-state index is 0.0313. The van der Waals surface area contributed by atoms with Gasteiger partial charge in [0.1, 0.15) is 11.8 Å². The Labute approximate surface area is 288 Å². The van der Waals surface area contributed by atoms with Crippen LogP contribution < -0.4 is 39.9 Å². The van der Waals surface area contributed by atoms with E-state index < -0.39 is 12.1 Å². The summed E-state index contributed by atoms with van der Waals surface area (Å²) in [6, 6.07) is 14.0. The van der Waals surface area contributed by atoms with Crippen LogP contribution in [0.2, 0.25) is 0 Å². The number of amides is 2. The molecule has 0 unspecified atom stereocenters. The maximum Gasteiger partial charge on any atom is 0.245 e. The third kappa shape index (κ3) is 7.40. The fourth-order valence-electron chi connectivity index (χ4n) is 6.85. The summed E-state index contributed by atoms with van der Waals surface area (Å²) in [5.41, 5.74) is 4.24. The van der Waals surface area contributed by atoms with Crippen molar-refractivity contribution in [3.63, 3.8) is 0 Å². The average Bonchev–Trinajstić information content (AvgIpc) is 3.36. The zero-order valence-corrected chi connectivity index (χ0v) is 29.6. The van der Waals surface area contributed by atoms with E-state index in [-0.39, 0.29) is 23.2 Å². The molecule has 1 saturated heterocycles. The lowest BCUT2D eigenvalue weighted by molar-refractivity contribution is -0.133. The van der Waals surface area contributed by atoms with Crippen LogP contribution in [-0.2, 0) is 16.0 Å². The second-order valence-electron chi connectivity index (χ2n) is 12.6. The Bertz CT molecular complexity index is 1720. The van der Waals surface area contributed by atoms with E-state index in [1.165, 1.54) is 6.92 Å². The highest BCUT2D eigenvalue weighted by atomic mass is 16.5. The van der Waals surface area contributed by atoms with E-state index in [1.807, 2.05) is 55.1 Å². The quantitative estimate of drug-likeness (QED) is 0.289. The predicted molar refractivity (Wildman–Crippen MR) is 191 cm³/mol. The van der Waals surface area contributed by atoms with Gasteiger partial charge in [-0.15, -0.1) is 0 Å². The number of fused-ring (bicyclic) bond motifs is 3. The van der Waals surface area contributed by atoms with Crippen LogP contribution in [0.15, 0.2) is 53.3 Å². The van der Waals surface area contributed by atoms with E-state index in [4.69, 9.17) is 18.9 Å². The molecule has 0 saturated carbocycles. The van der Waals surface area contributed by atoms with E-state index >= 15 is 0 Å². The molecule has 1 fully saturated rings. The number of piperazine rings is 1. The van der Waals surface area contributed by atoms with Crippen LogP contribution in [0.5, 0.6) is 23.0 Å². The lowest BCUT2D eigenvalue weighted by Crippen LogP contribution is -2.54. The Balaban J connectivity index is 1.49. The van der Waals surface area contributed by atoms with Gasteiger partial charge < -0.3 is 39.4 Å². The summed E-state index contributed by atoms with van der Waals surface area (Å²) in [4.78, 5) is 44.6. The lowest BCUT2D eigenvalue weighted by atomic mass is 9.95. The molecule has 0 spiro atoms. The van der Waals surface area contributed by atoms with Crippen molar-refractivity contribution in [2.45, 2.75) is 52.1 Å². The summed E-state index contributed by atoms with van der Waals surface area (Å²) in [5, 5.41) is 6.41. The number of hydrogen-bond donors (Lipinski definition) is 2. The smallest absolute Gasteiger partial charge is 0.245 e. The fourth-order valence-corrected chi connectivity index (χ4v) is 6.85. The summed E-state index contributed by atoms with van der Waals surface area (Å²) in [7, 11) is 6.35. The molecular formula is C38H48N4O7. The van der Waals surface area contributed by atoms with Crippen LogP contribution >= 0.6 is 0 Å². The predicted octanol–water partition coefficient (Wildman–Crippen LogP) is 5.05. The summed E-state index contributed by atoms with van der Waals surface area (Å²) in [6.45, 7) is 8.08. The number of ether oxygens (including phenoxy) is 4. The van der Waals surface area contributed by atoms with Gasteiger partial charge in [-0.3, -0.25) is 14.4 Å². The highest BCUT2D eigenvalue weighted by molar-refractivity contribution is 5.86. The molecule has 0 bridgehead atoms. The van der Waals surface area contributed by atoms with Crippen molar-refractivity contribution in [2.75, 3.05) is 64.8 Å². The van der Waals surface area contributed by atoms with Gasteiger partial charge in [-0.1, -0.05) is 26.3 Å². The topological polar surface area (TPSA) is 119 Å². The van der Waals surface area contributed by atoms with Crippen molar-refractivity contribution in [3.05, 3.63) is 69.9 Å². The molecule has 5 rings (SSSR count). The Morgan fingerprint density at radius 3 is 2.18 bits per heavy atom. The molecule has 0 aromatic heterocycles. The largest absolute Gasteiger partial charge is 0.497 e. The van der Waals surface area contributed by atoms with E-state index in [2.05, 4.69) is 15.5 Å². The monoisotopic (exact) mass is 672 g/mol. The summed E-state index contributed by atoms with van der Waals surface area (Å²) < 4.78 is 22.5. The first-order valence-electron chi connectivity index (χ1n) is 16.9. The van der Waals surface area contributed by atoms with Crippen molar-refractivity contribution >= 4 is 23.2 Å². The van der Waals surface area contributed by atoms with Crippen LogP contribution in [0.1, 0.15) is 50.8 Å². The molecule has 3 atom stereocenters. The second-order valence-corrected chi connectivity index (χ2v) is 12.6. The maximum absolute atomic E-state index is 14.1. The Kier molecular flexibility index (Phi) is 11.2. The number of anilines is 2. The van der Waals surface area contributed by atoms with Crippen molar-refractivity contribution in [3.8, 4) is 34.1 Å². The zero-order valence-electron chi connectivity index (χ0n) is 29.6. The molecule has 0 radical (unpaired) electrons. The molecule has 3 aromatic rings. The molecule has 2 amide bonds. The number of aryl methyl sites for hydroxylation is 1. The molecule has 11 heteroatoms. The summed E-state index contributed by atoms with van der Waals surface area (Å²) in [6.07, 6.45) is 1.90. The molecule has 11 nitrogen and oxygen atoms in total. The minimum atomic E-state index is -0.607. The molecule has 1 aliphatic carbocycles. The number of rotatable bonds is 11. The lowest BCUT2D eigenvalue weighted by Gasteiger charge is -2.38. The molecule has 2 aliphatic rings. The normalized spacial score (nSPS) is 16.7. The number of nitrogens with one attached hydrogen (secondary N) is 2. The third-order valence-electron chi connectivity index (χ3n) is 9.73. The number of carbonyl (C=O) groups is 2. The first-order chi connectivity index (χ1) is 23.6. The standard InChI is InChI=1S/C38H48N4O7/c1-8-23(2)35(38(45)42-19-17-41(18-20-42)26-10-12-27(46-4)13-11-26)40-31-16-14-28-29(22-32(31)44)30(39-24(3)43)15-9-25-21-33(47-5)36(48-6)37(49-7)34(25)28/h10-14,16,21-23,30,35H,8-9,15,17-20H2,1-7H3,(H,39,43)(H,40,44)/t23-,30+,35-/m0/s1. The van der Waals surface area contributed by atoms with Crippen LogP contribution in [0.3, 0.4) is 0 Å².